The Bertz CT molecular complexity index is 286. The van der Waals surface area contributed by atoms with Gasteiger partial charge in [-0.3, -0.25) is 4.79 Å². The number of ketones is 1. The molecular weight excluding hydrogens is 238 g/mol. The summed E-state index contributed by atoms with van der Waals surface area (Å²) in [5, 5.41) is 0. The number of Topliss-reactive ketones (excluding diaryl/α,β-unsaturated/α-hetero) is 1. The minimum Gasteiger partial charge on any atom is -0.351 e. The fourth-order valence-electron chi connectivity index (χ4n) is 2.13. The molecular formula is C11H21N3O2S. The molecule has 0 aromatic carbocycles. The first-order valence-corrected chi connectivity index (χ1v) is 7.31. The van der Waals surface area contributed by atoms with Gasteiger partial charge in [-0.15, -0.1) is 0 Å². The monoisotopic (exact) mass is 259 g/mol. The van der Waals surface area contributed by atoms with E-state index in [9.17, 15) is 9.59 Å². The van der Waals surface area contributed by atoms with Crippen LogP contribution in [0.3, 0.4) is 0 Å². The lowest BCUT2D eigenvalue weighted by Gasteiger charge is -2.34. The van der Waals surface area contributed by atoms with Gasteiger partial charge in [-0.2, -0.15) is 11.8 Å². The van der Waals surface area contributed by atoms with Gasteiger partial charge in [-0.25, -0.2) is 4.79 Å². The number of likely N-dealkylation sites (tertiary alicyclic amines) is 1. The van der Waals surface area contributed by atoms with E-state index < -0.39 is 18.1 Å². The Labute approximate surface area is 106 Å². The van der Waals surface area contributed by atoms with Crippen LogP contribution in [0, 0.1) is 0 Å². The quantitative estimate of drug-likeness (QED) is 0.755. The van der Waals surface area contributed by atoms with Crippen LogP contribution in [0.1, 0.15) is 25.7 Å². The van der Waals surface area contributed by atoms with Crippen molar-refractivity contribution in [3.8, 4) is 0 Å². The molecule has 1 unspecified atom stereocenters. The standard InChI is InChI=1S/C11H21N3O2S/c1-17-7-5-8(12)10(15)9-4-2-3-6-14(9)11(13)16/h8-9H,2-7,12H2,1H3,(H2,13,16)/t8-,9?/m0/s1. The van der Waals surface area contributed by atoms with Crippen LogP contribution in [0.5, 0.6) is 0 Å². The number of hydrogen-bond acceptors (Lipinski definition) is 4. The van der Waals surface area contributed by atoms with Gasteiger partial charge in [0.15, 0.2) is 5.78 Å². The third-order valence-corrected chi connectivity index (χ3v) is 3.76. The first-order chi connectivity index (χ1) is 8.07. The van der Waals surface area contributed by atoms with E-state index in [2.05, 4.69) is 0 Å². The first kappa shape index (κ1) is 14.3. The van der Waals surface area contributed by atoms with Gasteiger partial charge >= 0.3 is 6.03 Å². The zero-order valence-electron chi connectivity index (χ0n) is 10.2. The topological polar surface area (TPSA) is 89.4 Å². The number of primary amides is 1. The minimum atomic E-state index is -0.514. The van der Waals surface area contributed by atoms with Crippen molar-refractivity contribution in [1.82, 2.24) is 4.90 Å². The summed E-state index contributed by atoms with van der Waals surface area (Å²) in [6, 6.07) is -1.40. The SMILES string of the molecule is CSCC[C@H](N)C(=O)C1CCCCN1C(N)=O. The van der Waals surface area contributed by atoms with Crippen LogP contribution in [-0.4, -0.2) is 47.4 Å². The highest BCUT2D eigenvalue weighted by atomic mass is 32.2. The maximum absolute atomic E-state index is 12.1. The van der Waals surface area contributed by atoms with Crippen molar-refractivity contribution >= 4 is 23.6 Å². The van der Waals surface area contributed by atoms with E-state index in [1.165, 1.54) is 4.90 Å². The Balaban J connectivity index is 2.61. The summed E-state index contributed by atoms with van der Waals surface area (Å²) in [6.07, 6.45) is 5.19. The number of carbonyl (C=O) groups is 2. The molecule has 0 radical (unpaired) electrons. The molecule has 0 aliphatic carbocycles. The second-order valence-electron chi connectivity index (χ2n) is 4.33. The van der Waals surface area contributed by atoms with E-state index >= 15 is 0 Å². The zero-order valence-corrected chi connectivity index (χ0v) is 11.0. The van der Waals surface area contributed by atoms with E-state index in [0.29, 0.717) is 19.4 Å². The molecule has 0 aromatic heterocycles. The molecule has 0 bridgehead atoms. The smallest absolute Gasteiger partial charge is 0.315 e. The molecule has 1 rings (SSSR count). The Hall–Kier alpha value is -0.750. The molecule has 98 valence electrons. The maximum atomic E-state index is 12.1. The van der Waals surface area contributed by atoms with Crippen LogP contribution in [0.2, 0.25) is 0 Å². The van der Waals surface area contributed by atoms with Crippen LogP contribution in [0.15, 0.2) is 0 Å². The van der Waals surface area contributed by atoms with Crippen molar-refractivity contribution in [3.05, 3.63) is 0 Å². The summed E-state index contributed by atoms with van der Waals surface area (Å²) in [5.74, 6) is 0.813. The average molecular weight is 259 g/mol. The summed E-state index contributed by atoms with van der Waals surface area (Å²) >= 11 is 1.66. The van der Waals surface area contributed by atoms with Crippen molar-refractivity contribution in [2.75, 3.05) is 18.6 Å². The molecule has 4 N–H and O–H groups in total. The van der Waals surface area contributed by atoms with Crippen molar-refractivity contribution in [2.24, 2.45) is 11.5 Å². The van der Waals surface area contributed by atoms with Crippen LogP contribution >= 0.6 is 11.8 Å². The van der Waals surface area contributed by atoms with Crippen molar-refractivity contribution in [1.29, 1.82) is 0 Å². The van der Waals surface area contributed by atoms with E-state index in [1.807, 2.05) is 6.26 Å². The van der Waals surface area contributed by atoms with Crippen molar-refractivity contribution < 1.29 is 9.59 Å². The summed E-state index contributed by atoms with van der Waals surface area (Å²) in [6.45, 7) is 0.570. The summed E-state index contributed by atoms with van der Waals surface area (Å²) in [4.78, 5) is 24.9. The molecule has 1 saturated heterocycles. The fourth-order valence-corrected chi connectivity index (χ4v) is 2.61. The maximum Gasteiger partial charge on any atom is 0.315 e. The highest BCUT2D eigenvalue weighted by molar-refractivity contribution is 7.98. The minimum absolute atomic E-state index is 0.0439. The summed E-state index contributed by atoms with van der Waals surface area (Å²) in [5.41, 5.74) is 11.1. The normalized spacial score (nSPS) is 22.2. The molecule has 2 atom stereocenters. The first-order valence-electron chi connectivity index (χ1n) is 5.92. The second kappa shape index (κ2) is 6.86. The molecule has 1 aliphatic heterocycles. The predicted molar refractivity (Wildman–Crippen MR) is 69.9 cm³/mol. The van der Waals surface area contributed by atoms with Gasteiger partial charge in [0.1, 0.15) is 0 Å². The second-order valence-corrected chi connectivity index (χ2v) is 5.32. The third kappa shape index (κ3) is 3.89. The lowest BCUT2D eigenvalue weighted by molar-refractivity contribution is -0.125. The van der Waals surface area contributed by atoms with Crippen LogP contribution < -0.4 is 11.5 Å². The number of nitrogens with two attached hydrogens (primary N) is 2. The molecule has 2 amide bonds. The number of urea groups is 1. The summed E-state index contributed by atoms with van der Waals surface area (Å²) < 4.78 is 0. The van der Waals surface area contributed by atoms with E-state index in [4.69, 9.17) is 11.5 Å². The molecule has 0 saturated carbocycles. The predicted octanol–water partition coefficient (Wildman–Crippen LogP) is 0.569. The molecule has 1 heterocycles. The Morgan fingerprint density at radius 1 is 1.47 bits per heavy atom. The van der Waals surface area contributed by atoms with E-state index in [1.54, 1.807) is 11.8 Å². The number of piperidine rings is 1. The fraction of sp³-hybridized carbons (Fsp3) is 0.818. The molecule has 17 heavy (non-hydrogen) atoms. The van der Waals surface area contributed by atoms with Crippen LogP contribution in [0.25, 0.3) is 0 Å². The molecule has 0 spiro atoms. The average Bonchev–Trinajstić information content (AvgIpc) is 2.34. The molecule has 6 heteroatoms. The number of rotatable bonds is 5. The van der Waals surface area contributed by atoms with E-state index in [-0.39, 0.29) is 5.78 Å². The molecule has 1 aliphatic rings. The molecule has 0 aromatic rings. The van der Waals surface area contributed by atoms with E-state index in [0.717, 1.165) is 18.6 Å². The van der Waals surface area contributed by atoms with Crippen LogP contribution in [-0.2, 0) is 4.79 Å². The zero-order chi connectivity index (χ0) is 12.8. The van der Waals surface area contributed by atoms with Gasteiger partial charge in [0, 0.05) is 6.54 Å². The molecule has 1 fully saturated rings. The van der Waals surface area contributed by atoms with Gasteiger partial charge in [-0.1, -0.05) is 0 Å². The van der Waals surface area contributed by atoms with Gasteiger partial charge in [-0.05, 0) is 37.7 Å². The van der Waals surface area contributed by atoms with Gasteiger partial charge < -0.3 is 16.4 Å². The Morgan fingerprint density at radius 3 is 2.76 bits per heavy atom. The number of carbonyl (C=O) groups excluding carboxylic acids is 2. The molecule has 5 nitrogen and oxygen atoms in total. The van der Waals surface area contributed by atoms with Gasteiger partial charge in [0.05, 0.1) is 12.1 Å². The highest BCUT2D eigenvalue weighted by Gasteiger charge is 2.33. The number of amides is 2. The number of thioether (sulfide) groups is 1. The lowest BCUT2D eigenvalue weighted by atomic mass is 9.94. The van der Waals surface area contributed by atoms with Crippen LogP contribution in [0.4, 0.5) is 4.79 Å². The highest BCUT2D eigenvalue weighted by Crippen LogP contribution is 2.19. The van der Waals surface area contributed by atoms with Crippen molar-refractivity contribution in [3.63, 3.8) is 0 Å². The van der Waals surface area contributed by atoms with Crippen molar-refractivity contribution in [2.45, 2.75) is 37.8 Å². The Kier molecular flexibility index (Phi) is 5.77. The third-order valence-electron chi connectivity index (χ3n) is 3.11. The largest absolute Gasteiger partial charge is 0.351 e. The lowest BCUT2D eigenvalue weighted by Crippen LogP contribution is -2.54. The number of nitrogens with zero attached hydrogens (tertiary/aromatic N) is 1. The van der Waals surface area contributed by atoms with Gasteiger partial charge in [0.2, 0.25) is 0 Å². The van der Waals surface area contributed by atoms with Gasteiger partial charge in [0.25, 0.3) is 0 Å². The number of hydrogen-bond donors (Lipinski definition) is 2. The summed E-state index contributed by atoms with van der Waals surface area (Å²) in [7, 11) is 0. The Morgan fingerprint density at radius 2 is 2.18 bits per heavy atom.